The van der Waals surface area contributed by atoms with E-state index in [9.17, 15) is 0 Å². The van der Waals surface area contributed by atoms with Crippen molar-refractivity contribution in [1.29, 1.82) is 0 Å². The lowest BCUT2D eigenvalue weighted by Gasteiger charge is -2.14. The molecule has 25 heavy (non-hydrogen) atoms. The van der Waals surface area contributed by atoms with E-state index >= 15 is 0 Å². The Morgan fingerprint density at radius 2 is 2.00 bits per heavy atom. The molecule has 1 N–H and O–H groups in total. The van der Waals surface area contributed by atoms with Gasteiger partial charge < -0.3 is 14.8 Å². The molecule has 2 aromatic heterocycles. The molecule has 1 unspecified atom stereocenters. The number of nitrogens with one attached hydrogen (secondary N) is 1. The van der Waals surface area contributed by atoms with Crippen molar-refractivity contribution in [3.05, 3.63) is 41.9 Å². The summed E-state index contributed by atoms with van der Waals surface area (Å²) in [6.45, 7) is 4.38. The van der Waals surface area contributed by atoms with Gasteiger partial charge in [-0.25, -0.2) is 4.98 Å². The molecule has 8 heteroatoms. The molecule has 0 radical (unpaired) electrons. The molecule has 6 nitrogen and oxygen atoms in total. The fourth-order valence-corrected chi connectivity index (χ4v) is 4.94. The van der Waals surface area contributed by atoms with Crippen molar-refractivity contribution in [2.45, 2.75) is 0 Å². The van der Waals surface area contributed by atoms with Crippen LogP contribution in [0.15, 0.2) is 36.9 Å². The van der Waals surface area contributed by atoms with Crippen LogP contribution < -0.4 is 10.2 Å². The second-order valence-electron chi connectivity index (χ2n) is 6.61. The van der Waals surface area contributed by atoms with Crippen molar-refractivity contribution in [3.8, 4) is 16.3 Å². The zero-order valence-corrected chi connectivity index (χ0v) is 15.0. The SMILES string of the molecule is Clc1cc(-n2ccnc2)ccc1-c1nnc(N2CC3CNC[C@H]3C2)s1. The number of nitrogens with zero attached hydrogens (tertiary/aromatic N) is 5. The van der Waals surface area contributed by atoms with Gasteiger partial charge in [0.25, 0.3) is 0 Å². The van der Waals surface area contributed by atoms with Crippen molar-refractivity contribution in [3.63, 3.8) is 0 Å². The summed E-state index contributed by atoms with van der Waals surface area (Å²) in [6.07, 6.45) is 5.40. The fourth-order valence-electron chi connectivity index (χ4n) is 3.71. The first kappa shape index (κ1) is 15.3. The van der Waals surface area contributed by atoms with Crippen LogP contribution in [0.3, 0.4) is 0 Å². The molecule has 0 saturated carbocycles. The van der Waals surface area contributed by atoms with Crippen molar-refractivity contribution in [2.24, 2.45) is 11.8 Å². The minimum atomic E-state index is 0.677. The largest absolute Gasteiger partial charge is 0.346 e. The molecule has 0 aliphatic carbocycles. The monoisotopic (exact) mass is 372 g/mol. The first-order valence-corrected chi connectivity index (χ1v) is 9.55. The van der Waals surface area contributed by atoms with E-state index in [1.54, 1.807) is 23.9 Å². The minimum Gasteiger partial charge on any atom is -0.346 e. The van der Waals surface area contributed by atoms with Gasteiger partial charge in [0.1, 0.15) is 0 Å². The highest BCUT2D eigenvalue weighted by Gasteiger charge is 2.37. The molecule has 0 bridgehead atoms. The van der Waals surface area contributed by atoms with E-state index in [2.05, 4.69) is 25.4 Å². The van der Waals surface area contributed by atoms with Gasteiger partial charge in [0.05, 0.1) is 11.3 Å². The predicted molar refractivity (Wildman–Crippen MR) is 99.5 cm³/mol. The van der Waals surface area contributed by atoms with Gasteiger partial charge in [-0.05, 0) is 30.0 Å². The molecule has 0 amide bonds. The Balaban J connectivity index is 1.40. The topological polar surface area (TPSA) is 58.9 Å². The summed E-state index contributed by atoms with van der Waals surface area (Å²) < 4.78 is 1.93. The van der Waals surface area contributed by atoms with Crippen LogP contribution in [-0.4, -0.2) is 45.9 Å². The standard InChI is InChI=1S/C17H17ClN6S/c18-15-5-13(23-4-3-19-10-23)1-2-14(15)16-21-22-17(25-16)24-8-11-6-20-7-12(11)9-24/h1-5,10-12,20H,6-9H2/t11-,12?/m0/s1. The third kappa shape index (κ3) is 2.72. The van der Waals surface area contributed by atoms with Gasteiger partial charge >= 0.3 is 0 Å². The number of hydrogen-bond acceptors (Lipinski definition) is 6. The second kappa shape index (κ2) is 6.09. The maximum Gasteiger partial charge on any atom is 0.208 e. The lowest BCUT2D eigenvalue weighted by Crippen LogP contribution is -2.25. The minimum absolute atomic E-state index is 0.677. The van der Waals surface area contributed by atoms with Crippen LogP contribution in [0.1, 0.15) is 0 Å². The van der Waals surface area contributed by atoms with Gasteiger partial charge in [-0.2, -0.15) is 0 Å². The maximum absolute atomic E-state index is 6.51. The Kier molecular flexibility index (Phi) is 3.73. The van der Waals surface area contributed by atoms with Crippen LogP contribution in [0.5, 0.6) is 0 Å². The smallest absolute Gasteiger partial charge is 0.208 e. The van der Waals surface area contributed by atoms with Crippen LogP contribution in [0.4, 0.5) is 5.13 Å². The molecule has 2 aliphatic heterocycles. The Labute approximate surface area is 154 Å². The van der Waals surface area contributed by atoms with E-state index in [1.807, 2.05) is 29.0 Å². The van der Waals surface area contributed by atoms with E-state index < -0.39 is 0 Å². The number of aromatic nitrogens is 4. The summed E-state index contributed by atoms with van der Waals surface area (Å²) in [6, 6.07) is 5.96. The van der Waals surface area contributed by atoms with Gasteiger partial charge in [0.15, 0.2) is 5.01 Å². The van der Waals surface area contributed by atoms with E-state index in [0.717, 1.165) is 59.4 Å². The number of halogens is 1. The zero-order chi connectivity index (χ0) is 16.8. The summed E-state index contributed by atoms with van der Waals surface area (Å²) in [5.41, 5.74) is 1.91. The van der Waals surface area contributed by atoms with Crippen molar-refractivity contribution >= 4 is 28.1 Å². The third-order valence-corrected chi connectivity index (χ3v) is 6.39. The van der Waals surface area contributed by atoms with Gasteiger partial charge in [-0.3, -0.25) is 0 Å². The summed E-state index contributed by atoms with van der Waals surface area (Å²) in [4.78, 5) is 6.44. The van der Waals surface area contributed by atoms with Gasteiger partial charge in [-0.15, -0.1) is 10.2 Å². The Morgan fingerprint density at radius 3 is 2.72 bits per heavy atom. The number of imidazole rings is 1. The molecule has 1 aromatic carbocycles. The first-order chi connectivity index (χ1) is 12.3. The first-order valence-electron chi connectivity index (χ1n) is 8.35. The van der Waals surface area contributed by atoms with Gasteiger partial charge in [0.2, 0.25) is 5.13 Å². The lowest BCUT2D eigenvalue weighted by molar-refractivity contribution is 0.533. The molecular weight excluding hydrogens is 356 g/mol. The lowest BCUT2D eigenvalue weighted by atomic mass is 10.0. The highest BCUT2D eigenvalue weighted by Crippen LogP contribution is 2.37. The molecule has 2 saturated heterocycles. The summed E-state index contributed by atoms with van der Waals surface area (Å²) in [5, 5.41) is 14.8. The average Bonchev–Trinajstić information content (AvgIpc) is 3.36. The Bertz CT molecular complexity index is 880. The average molecular weight is 373 g/mol. The predicted octanol–water partition coefficient (Wildman–Crippen LogP) is 2.70. The van der Waals surface area contributed by atoms with Crippen molar-refractivity contribution < 1.29 is 0 Å². The summed E-state index contributed by atoms with van der Waals surface area (Å²) in [5.74, 6) is 1.48. The highest BCUT2D eigenvalue weighted by molar-refractivity contribution is 7.18. The van der Waals surface area contributed by atoms with E-state index in [4.69, 9.17) is 11.6 Å². The Hall–Kier alpha value is -1.96. The molecular formula is C17H17ClN6S. The van der Waals surface area contributed by atoms with E-state index in [0.29, 0.717) is 5.02 Å². The molecule has 4 heterocycles. The molecule has 2 atom stereocenters. The van der Waals surface area contributed by atoms with Crippen molar-refractivity contribution in [2.75, 3.05) is 31.1 Å². The van der Waals surface area contributed by atoms with E-state index in [-0.39, 0.29) is 0 Å². The van der Waals surface area contributed by atoms with Crippen LogP contribution >= 0.6 is 22.9 Å². The normalized spacial score (nSPS) is 22.5. The molecule has 3 aromatic rings. The van der Waals surface area contributed by atoms with Crippen LogP contribution in [-0.2, 0) is 0 Å². The van der Waals surface area contributed by atoms with Gasteiger partial charge in [0, 0.05) is 49.8 Å². The van der Waals surface area contributed by atoms with Gasteiger partial charge in [-0.1, -0.05) is 22.9 Å². The molecule has 2 aliphatic rings. The number of fused-ring (bicyclic) bond motifs is 1. The summed E-state index contributed by atoms with van der Waals surface area (Å²) in [7, 11) is 0. The van der Waals surface area contributed by atoms with Crippen molar-refractivity contribution in [1.82, 2.24) is 25.1 Å². The number of hydrogen-bond donors (Lipinski definition) is 1. The number of anilines is 1. The van der Waals surface area contributed by atoms with Crippen LogP contribution in [0.25, 0.3) is 16.3 Å². The summed E-state index contributed by atoms with van der Waals surface area (Å²) >= 11 is 8.13. The van der Waals surface area contributed by atoms with E-state index in [1.165, 1.54) is 0 Å². The second-order valence-corrected chi connectivity index (χ2v) is 7.97. The highest BCUT2D eigenvalue weighted by atomic mass is 35.5. The molecule has 0 spiro atoms. The zero-order valence-electron chi connectivity index (χ0n) is 13.5. The molecule has 128 valence electrons. The number of rotatable bonds is 3. The fraction of sp³-hybridized carbons (Fsp3) is 0.353. The van der Waals surface area contributed by atoms with Crippen LogP contribution in [0, 0.1) is 11.8 Å². The third-order valence-electron chi connectivity index (χ3n) is 5.06. The molecule has 2 fully saturated rings. The van der Waals surface area contributed by atoms with Crippen LogP contribution in [0.2, 0.25) is 5.02 Å². The maximum atomic E-state index is 6.51. The molecule has 5 rings (SSSR count). The quantitative estimate of drug-likeness (QED) is 0.766. The number of benzene rings is 1. The Morgan fingerprint density at radius 1 is 1.16 bits per heavy atom.